The number of carbonyl (C=O) groups is 1. The Balaban J connectivity index is 1.66. The highest BCUT2D eigenvalue weighted by molar-refractivity contribution is 14.1. The molecule has 0 atom stereocenters. The summed E-state index contributed by atoms with van der Waals surface area (Å²) in [5.41, 5.74) is 0.638. The normalized spacial score (nSPS) is 11.3. The smallest absolute Gasteiger partial charge is 0.263 e. The molecule has 4 aromatic rings. The van der Waals surface area contributed by atoms with E-state index in [1.807, 2.05) is 59.4 Å². The van der Waals surface area contributed by atoms with Crippen molar-refractivity contribution in [2.75, 3.05) is 32.8 Å². The van der Waals surface area contributed by atoms with Crippen molar-refractivity contribution in [2.24, 2.45) is 0 Å². The first kappa shape index (κ1) is 30.0. The van der Waals surface area contributed by atoms with Crippen LogP contribution in [0, 0.1) is 9.39 Å². The van der Waals surface area contributed by atoms with Crippen molar-refractivity contribution < 1.29 is 31.2 Å². The number of carbonyl (C=O) groups excluding carboxylic acids is 1. The monoisotopic (exact) mass is 773 g/mol. The van der Waals surface area contributed by atoms with Crippen molar-refractivity contribution in [3.63, 3.8) is 0 Å². The molecular formula is C28H26FI2N3O6. The number of benzene rings is 2. The lowest BCUT2D eigenvalue weighted by molar-refractivity contribution is 0.0928. The third-order valence-electron chi connectivity index (χ3n) is 5.89. The Bertz CT molecular complexity index is 1530. The zero-order chi connectivity index (χ0) is 29.0. The van der Waals surface area contributed by atoms with Gasteiger partial charge in [0.1, 0.15) is 52.3 Å². The standard InChI is InChI=1S/C28H26FI2N3O6/c1-28(2,40-31)15-38-25-12-17-21(13-24(25)37-5)33-9-7-23(17)39-26-19(29)10-16(11-20(26)30)34(3)27(35)18-14-32-8-6-22(18)36-4/h6-14H,15H2,1-5H3. The molecule has 9 nitrogen and oxygen atoms in total. The first-order valence-corrected chi connectivity index (χ1v) is 13.9. The van der Waals surface area contributed by atoms with Crippen LogP contribution in [0.3, 0.4) is 0 Å². The van der Waals surface area contributed by atoms with Gasteiger partial charge in [0.15, 0.2) is 23.1 Å². The van der Waals surface area contributed by atoms with Gasteiger partial charge in [-0.1, -0.05) is 0 Å². The maximum atomic E-state index is 15.5. The fourth-order valence-corrected chi connectivity index (χ4v) is 4.54. The highest BCUT2D eigenvalue weighted by atomic mass is 127. The summed E-state index contributed by atoms with van der Waals surface area (Å²) in [7, 11) is 4.56. The summed E-state index contributed by atoms with van der Waals surface area (Å²) in [5, 5.41) is 0.599. The van der Waals surface area contributed by atoms with E-state index in [-0.39, 0.29) is 17.9 Å². The van der Waals surface area contributed by atoms with Crippen LogP contribution >= 0.6 is 45.6 Å². The predicted octanol–water partition coefficient (Wildman–Crippen LogP) is 6.98. The second-order valence-corrected chi connectivity index (χ2v) is 10.8. The van der Waals surface area contributed by atoms with Crippen molar-refractivity contribution in [3.8, 4) is 28.7 Å². The Morgan fingerprint density at radius 3 is 2.42 bits per heavy atom. The lowest BCUT2D eigenvalue weighted by atomic mass is 10.1. The highest BCUT2D eigenvalue weighted by Crippen LogP contribution is 2.40. The van der Waals surface area contributed by atoms with Gasteiger partial charge in [0.2, 0.25) is 0 Å². The van der Waals surface area contributed by atoms with Crippen LogP contribution in [-0.2, 0) is 3.07 Å². The van der Waals surface area contributed by atoms with Crippen LogP contribution in [0.4, 0.5) is 10.1 Å². The Hall–Kier alpha value is -2.98. The number of nitrogens with zero attached hydrogens (tertiary/aromatic N) is 3. The van der Waals surface area contributed by atoms with Crippen LogP contribution in [0.5, 0.6) is 28.7 Å². The third-order valence-corrected chi connectivity index (χ3v) is 7.88. The number of ether oxygens (including phenoxy) is 4. The van der Waals surface area contributed by atoms with Crippen molar-refractivity contribution in [1.82, 2.24) is 9.97 Å². The summed E-state index contributed by atoms with van der Waals surface area (Å²) >= 11 is 3.81. The first-order valence-electron chi connectivity index (χ1n) is 11.9. The summed E-state index contributed by atoms with van der Waals surface area (Å²) in [6.07, 6.45) is 4.50. The summed E-state index contributed by atoms with van der Waals surface area (Å²) in [5.74, 6) is 0.666. The largest absolute Gasteiger partial charge is 0.496 e. The molecule has 0 aliphatic carbocycles. The van der Waals surface area contributed by atoms with Gasteiger partial charge in [-0.3, -0.25) is 14.8 Å². The van der Waals surface area contributed by atoms with Crippen molar-refractivity contribution in [3.05, 3.63) is 69.9 Å². The molecule has 0 spiro atoms. The Labute approximate surface area is 258 Å². The van der Waals surface area contributed by atoms with E-state index in [1.165, 1.54) is 30.5 Å². The average Bonchev–Trinajstić information content (AvgIpc) is 2.96. The molecule has 210 valence electrons. The maximum Gasteiger partial charge on any atom is 0.263 e. The Kier molecular flexibility index (Phi) is 9.51. The molecule has 0 N–H and O–H groups in total. The molecule has 0 saturated heterocycles. The topological polar surface area (TPSA) is 92.2 Å². The lowest BCUT2D eigenvalue weighted by Gasteiger charge is -2.22. The van der Waals surface area contributed by atoms with Crippen LogP contribution < -0.4 is 23.8 Å². The molecule has 12 heteroatoms. The van der Waals surface area contributed by atoms with Gasteiger partial charge in [-0.05, 0) is 60.7 Å². The van der Waals surface area contributed by atoms with E-state index < -0.39 is 17.3 Å². The number of fused-ring (bicyclic) bond motifs is 1. The number of pyridine rings is 2. The summed E-state index contributed by atoms with van der Waals surface area (Å²) in [6, 6.07) is 9.60. The van der Waals surface area contributed by atoms with E-state index in [9.17, 15) is 4.79 Å². The molecule has 0 aliphatic heterocycles. The maximum absolute atomic E-state index is 15.5. The second kappa shape index (κ2) is 12.7. The number of amides is 1. The molecule has 2 aromatic heterocycles. The Morgan fingerprint density at radius 1 is 1.02 bits per heavy atom. The highest BCUT2D eigenvalue weighted by Gasteiger charge is 2.23. The van der Waals surface area contributed by atoms with Crippen LogP contribution in [-0.4, -0.2) is 49.4 Å². The molecule has 2 heterocycles. The van der Waals surface area contributed by atoms with E-state index in [0.29, 0.717) is 43.2 Å². The first-order chi connectivity index (χ1) is 19.1. The number of hydrogen-bond acceptors (Lipinski definition) is 8. The lowest BCUT2D eigenvalue weighted by Crippen LogP contribution is -2.28. The SMILES string of the molecule is COc1cc2nccc(Oc3c(F)cc(N(C)C(=O)c4cnccc4OC)cc3I)c2cc1OCC(C)(C)OI. The van der Waals surface area contributed by atoms with Crippen molar-refractivity contribution >= 4 is 68.1 Å². The molecule has 4 rings (SSSR count). The fourth-order valence-electron chi connectivity index (χ4n) is 3.73. The van der Waals surface area contributed by atoms with Gasteiger partial charge in [-0.15, -0.1) is 0 Å². The van der Waals surface area contributed by atoms with E-state index in [1.54, 1.807) is 50.7 Å². The molecule has 0 radical (unpaired) electrons. The quantitative estimate of drug-likeness (QED) is 0.160. The van der Waals surface area contributed by atoms with Gasteiger partial charge >= 0.3 is 0 Å². The number of halogens is 3. The van der Waals surface area contributed by atoms with E-state index in [0.717, 1.165) is 0 Å². The van der Waals surface area contributed by atoms with E-state index >= 15 is 4.39 Å². The van der Waals surface area contributed by atoms with Gasteiger partial charge in [0.25, 0.3) is 5.91 Å². The van der Waals surface area contributed by atoms with Gasteiger partial charge in [0.05, 0.1) is 23.3 Å². The van der Waals surface area contributed by atoms with E-state index in [4.69, 9.17) is 22.0 Å². The van der Waals surface area contributed by atoms with Crippen LogP contribution in [0.15, 0.2) is 55.0 Å². The van der Waals surface area contributed by atoms with Crippen molar-refractivity contribution in [2.45, 2.75) is 19.4 Å². The predicted molar refractivity (Wildman–Crippen MR) is 166 cm³/mol. The molecule has 0 aliphatic rings. The van der Waals surface area contributed by atoms with Crippen molar-refractivity contribution in [1.29, 1.82) is 0 Å². The number of hydrogen-bond donors (Lipinski definition) is 0. The second-order valence-electron chi connectivity index (χ2n) is 9.24. The number of rotatable bonds is 10. The zero-order valence-corrected chi connectivity index (χ0v) is 26.6. The van der Waals surface area contributed by atoms with Gasteiger partial charge < -0.3 is 26.9 Å². The molecule has 0 fully saturated rings. The average molecular weight is 773 g/mol. The summed E-state index contributed by atoms with van der Waals surface area (Å²) in [6.45, 7) is 4.06. The fraction of sp³-hybridized carbons (Fsp3) is 0.250. The number of methoxy groups -OCH3 is 2. The number of aromatic nitrogens is 2. The van der Waals surface area contributed by atoms with Crippen LogP contribution in [0.2, 0.25) is 0 Å². The zero-order valence-electron chi connectivity index (χ0n) is 22.3. The van der Waals surface area contributed by atoms with Gasteiger partial charge in [-0.2, -0.15) is 0 Å². The minimum Gasteiger partial charge on any atom is -0.496 e. The van der Waals surface area contributed by atoms with Crippen LogP contribution in [0.25, 0.3) is 10.9 Å². The summed E-state index contributed by atoms with van der Waals surface area (Å²) in [4.78, 5) is 22.8. The molecule has 40 heavy (non-hydrogen) atoms. The minimum atomic E-state index is -0.643. The van der Waals surface area contributed by atoms with E-state index in [2.05, 4.69) is 9.97 Å². The third kappa shape index (κ3) is 6.49. The molecule has 1 amide bonds. The molecular weight excluding hydrogens is 747 g/mol. The van der Waals surface area contributed by atoms with Gasteiger partial charge in [0, 0.05) is 48.8 Å². The number of anilines is 1. The van der Waals surface area contributed by atoms with Crippen LogP contribution in [0.1, 0.15) is 24.2 Å². The molecule has 0 unspecified atom stereocenters. The van der Waals surface area contributed by atoms with Gasteiger partial charge in [-0.25, -0.2) is 4.39 Å². The molecule has 0 bridgehead atoms. The minimum absolute atomic E-state index is 0.00869. The molecule has 2 aromatic carbocycles. The Morgan fingerprint density at radius 2 is 1.75 bits per heavy atom. The molecule has 0 saturated carbocycles. The summed E-state index contributed by atoms with van der Waals surface area (Å²) < 4.78 is 44.2.